The van der Waals surface area contributed by atoms with E-state index in [1.807, 2.05) is 6.07 Å². The second kappa shape index (κ2) is 9.77. The number of rotatable bonds is 8. The summed E-state index contributed by atoms with van der Waals surface area (Å²) in [5.41, 5.74) is 2.21. The van der Waals surface area contributed by atoms with E-state index in [0.717, 1.165) is 18.4 Å². The van der Waals surface area contributed by atoms with Gasteiger partial charge in [-0.15, -0.1) is 0 Å². The first-order chi connectivity index (χ1) is 12.2. The molecule has 0 fully saturated rings. The van der Waals surface area contributed by atoms with E-state index in [0.29, 0.717) is 23.8 Å². The highest BCUT2D eigenvalue weighted by Gasteiger charge is 2.14. The number of carbonyl (C=O) groups excluding carboxylic acids is 1. The standard InChI is InChI=1S/C20H27NO4/c1-23-17-11-9-16(19(24-2)20(17)25-3)10-12-18(22)21-14-13-15-7-5-4-6-8-15/h7,9-12H,4-6,8,13-14H2,1-3H3,(H,21,22). The summed E-state index contributed by atoms with van der Waals surface area (Å²) in [4.78, 5) is 12.0. The minimum absolute atomic E-state index is 0.117. The van der Waals surface area contributed by atoms with E-state index in [1.54, 1.807) is 33.5 Å². The lowest BCUT2D eigenvalue weighted by atomic mass is 9.97. The van der Waals surface area contributed by atoms with E-state index < -0.39 is 0 Å². The van der Waals surface area contributed by atoms with Crippen LogP contribution >= 0.6 is 0 Å². The van der Waals surface area contributed by atoms with Crippen molar-refractivity contribution in [3.05, 3.63) is 35.4 Å². The molecule has 0 saturated carbocycles. The highest BCUT2D eigenvalue weighted by molar-refractivity contribution is 5.92. The molecule has 0 radical (unpaired) electrons. The van der Waals surface area contributed by atoms with Gasteiger partial charge in [0.05, 0.1) is 21.3 Å². The Morgan fingerprint density at radius 1 is 1.12 bits per heavy atom. The normalized spacial score (nSPS) is 14.1. The lowest BCUT2D eigenvalue weighted by Gasteiger charge is -2.14. The zero-order valence-corrected chi connectivity index (χ0v) is 15.3. The van der Waals surface area contributed by atoms with Gasteiger partial charge in [-0.1, -0.05) is 11.6 Å². The molecule has 1 aliphatic rings. The van der Waals surface area contributed by atoms with Gasteiger partial charge in [-0.05, 0) is 50.3 Å². The molecule has 0 bridgehead atoms. The quantitative estimate of drug-likeness (QED) is 0.576. The average Bonchev–Trinajstić information content (AvgIpc) is 2.66. The third-order valence-electron chi connectivity index (χ3n) is 4.28. The number of ether oxygens (including phenoxy) is 3. The fourth-order valence-corrected chi connectivity index (χ4v) is 2.96. The number of hydrogen-bond donors (Lipinski definition) is 1. The molecule has 0 heterocycles. The van der Waals surface area contributed by atoms with E-state index in [2.05, 4.69) is 11.4 Å². The Balaban J connectivity index is 1.96. The minimum Gasteiger partial charge on any atom is -0.493 e. The summed E-state index contributed by atoms with van der Waals surface area (Å²) in [6, 6.07) is 3.62. The summed E-state index contributed by atoms with van der Waals surface area (Å²) in [5.74, 6) is 1.52. The molecule has 0 spiro atoms. The van der Waals surface area contributed by atoms with Gasteiger partial charge < -0.3 is 19.5 Å². The van der Waals surface area contributed by atoms with Crippen molar-refractivity contribution in [2.75, 3.05) is 27.9 Å². The number of carbonyl (C=O) groups is 1. The van der Waals surface area contributed by atoms with E-state index >= 15 is 0 Å². The molecule has 0 aromatic heterocycles. The molecule has 1 amide bonds. The largest absolute Gasteiger partial charge is 0.493 e. The van der Waals surface area contributed by atoms with Gasteiger partial charge in [0.15, 0.2) is 11.5 Å². The molecule has 136 valence electrons. The molecule has 5 heteroatoms. The number of nitrogens with one attached hydrogen (secondary N) is 1. The summed E-state index contributed by atoms with van der Waals surface area (Å²) < 4.78 is 16.0. The van der Waals surface area contributed by atoms with Crippen LogP contribution in [0, 0.1) is 0 Å². The Kier molecular flexibility index (Phi) is 7.38. The number of allylic oxidation sites excluding steroid dienone is 1. The maximum Gasteiger partial charge on any atom is 0.244 e. The summed E-state index contributed by atoms with van der Waals surface area (Å²) >= 11 is 0. The third-order valence-corrected chi connectivity index (χ3v) is 4.28. The van der Waals surface area contributed by atoms with E-state index in [9.17, 15) is 4.79 Å². The van der Waals surface area contributed by atoms with Crippen LogP contribution in [0.2, 0.25) is 0 Å². The summed E-state index contributed by atoms with van der Waals surface area (Å²) in [6.45, 7) is 0.665. The number of amides is 1. The molecule has 0 unspecified atom stereocenters. The molecule has 1 aromatic rings. The third kappa shape index (κ3) is 5.28. The lowest BCUT2D eigenvalue weighted by molar-refractivity contribution is -0.116. The van der Waals surface area contributed by atoms with Crippen molar-refractivity contribution in [3.8, 4) is 17.2 Å². The van der Waals surface area contributed by atoms with Gasteiger partial charge in [-0.3, -0.25) is 4.79 Å². The second-order valence-corrected chi connectivity index (χ2v) is 5.91. The molecule has 0 atom stereocenters. The van der Waals surface area contributed by atoms with E-state index in [4.69, 9.17) is 14.2 Å². The topological polar surface area (TPSA) is 56.8 Å². The molecule has 1 aliphatic carbocycles. The molecule has 2 rings (SSSR count). The molecule has 0 aliphatic heterocycles. The molecular formula is C20H27NO4. The van der Waals surface area contributed by atoms with Crippen molar-refractivity contribution < 1.29 is 19.0 Å². The predicted molar refractivity (Wildman–Crippen MR) is 99.3 cm³/mol. The Hall–Kier alpha value is -2.43. The summed E-state index contributed by atoms with van der Waals surface area (Å²) in [5, 5.41) is 2.93. The Morgan fingerprint density at radius 3 is 2.56 bits per heavy atom. The van der Waals surface area contributed by atoms with Crippen LogP contribution in [0.1, 0.15) is 37.7 Å². The van der Waals surface area contributed by atoms with Crippen LogP contribution in [0.5, 0.6) is 17.2 Å². The number of methoxy groups -OCH3 is 3. The van der Waals surface area contributed by atoms with E-state index in [-0.39, 0.29) is 5.91 Å². The van der Waals surface area contributed by atoms with Crippen LogP contribution in [0.3, 0.4) is 0 Å². The fraction of sp³-hybridized carbons (Fsp3) is 0.450. The Labute approximate surface area is 149 Å². The fourth-order valence-electron chi connectivity index (χ4n) is 2.96. The molecule has 25 heavy (non-hydrogen) atoms. The van der Waals surface area contributed by atoms with Crippen LogP contribution in [-0.4, -0.2) is 33.8 Å². The van der Waals surface area contributed by atoms with Crippen molar-refractivity contribution in [3.63, 3.8) is 0 Å². The maximum absolute atomic E-state index is 12.0. The summed E-state index contributed by atoms with van der Waals surface area (Å²) in [6.07, 6.45) is 11.3. The van der Waals surface area contributed by atoms with E-state index in [1.165, 1.54) is 30.9 Å². The van der Waals surface area contributed by atoms with Crippen molar-refractivity contribution in [1.82, 2.24) is 5.32 Å². The monoisotopic (exact) mass is 345 g/mol. The molecule has 0 saturated heterocycles. The predicted octanol–water partition coefficient (Wildman–Crippen LogP) is 3.73. The smallest absolute Gasteiger partial charge is 0.244 e. The average molecular weight is 345 g/mol. The van der Waals surface area contributed by atoms with Gasteiger partial charge in [0.1, 0.15) is 0 Å². The zero-order valence-electron chi connectivity index (χ0n) is 15.3. The van der Waals surface area contributed by atoms with Gasteiger partial charge in [0, 0.05) is 18.2 Å². The zero-order chi connectivity index (χ0) is 18.1. The van der Waals surface area contributed by atoms with Gasteiger partial charge in [-0.2, -0.15) is 0 Å². The minimum atomic E-state index is -0.117. The van der Waals surface area contributed by atoms with Crippen LogP contribution in [0.15, 0.2) is 29.9 Å². The molecule has 5 nitrogen and oxygen atoms in total. The molecular weight excluding hydrogens is 318 g/mol. The lowest BCUT2D eigenvalue weighted by Crippen LogP contribution is -2.22. The van der Waals surface area contributed by atoms with Crippen molar-refractivity contribution in [1.29, 1.82) is 0 Å². The first-order valence-electron chi connectivity index (χ1n) is 8.62. The Morgan fingerprint density at radius 2 is 1.92 bits per heavy atom. The number of hydrogen-bond acceptors (Lipinski definition) is 4. The van der Waals surface area contributed by atoms with Gasteiger partial charge in [0.25, 0.3) is 0 Å². The van der Waals surface area contributed by atoms with Gasteiger partial charge in [-0.25, -0.2) is 0 Å². The van der Waals surface area contributed by atoms with Crippen molar-refractivity contribution in [2.45, 2.75) is 32.1 Å². The molecule has 1 N–H and O–H groups in total. The summed E-state index contributed by atoms with van der Waals surface area (Å²) in [7, 11) is 4.69. The first-order valence-corrected chi connectivity index (χ1v) is 8.62. The van der Waals surface area contributed by atoms with Crippen LogP contribution in [-0.2, 0) is 4.79 Å². The van der Waals surface area contributed by atoms with Crippen LogP contribution in [0.25, 0.3) is 6.08 Å². The number of benzene rings is 1. The second-order valence-electron chi connectivity index (χ2n) is 5.91. The van der Waals surface area contributed by atoms with Gasteiger partial charge in [0.2, 0.25) is 11.7 Å². The molecule has 1 aromatic carbocycles. The SMILES string of the molecule is COc1ccc(C=CC(=O)NCCC2=CCCCC2)c(OC)c1OC. The first kappa shape index (κ1) is 18.9. The highest BCUT2D eigenvalue weighted by Crippen LogP contribution is 2.40. The van der Waals surface area contributed by atoms with Gasteiger partial charge >= 0.3 is 0 Å². The van der Waals surface area contributed by atoms with Crippen molar-refractivity contribution >= 4 is 12.0 Å². The van der Waals surface area contributed by atoms with Crippen molar-refractivity contribution in [2.24, 2.45) is 0 Å². The maximum atomic E-state index is 12.0. The Bertz CT molecular complexity index is 649. The highest BCUT2D eigenvalue weighted by atomic mass is 16.5. The van der Waals surface area contributed by atoms with Crippen LogP contribution < -0.4 is 19.5 Å². The van der Waals surface area contributed by atoms with Crippen LogP contribution in [0.4, 0.5) is 0 Å².